The number of carbonyl (C=O) groups is 1. The molecule has 1 aromatic heterocycles. The molecule has 0 radical (unpaired) electrons. The number of aromatic nitrogens is 2. The molecule has 7 heteroatoms. The van der Waals surface area contributed by atoms with Crippen molar-refractivity contribution in [2.75, 3.05) is 30.9 Å². The van der Waals surface area contributed by atoms with Gasteiger partial charge in [0.1, 0.15) is 23.7 Å². The maximum atomic E-state index is 12.1. The summed E-state index contributed by atoms with van der Waals surface area (Å²) < 4.78 is 10.4. The van der Waals surface area contributed by atoms with Crippen LogP contribution in [0.15, 0.2) is 60.9 Å². The highest BCUT2D eigenvalue weighted by molar-refractivity contribution is 5.96. The molecule has 0 amide bonds. The minimum Gasteiger partial charge on any atom is -0.497 e. The average Bonchev–Trinajstić information content (AvgIpc) is 2.75. The van der Waals surface area contributed by atoms with Gasteiger partial charge in [-0.1, -0.05) is 24.3 Å². The maximum Gasteiger partial charge on any atom is 0.340 e. The molecule has 0 aliphatic rings. The van der Waals surface area contributed by atoms with Gasteiger partial charge in [-0.2, -0.15) is 0 Å². The van der Waals surface area contributed by atoms with Crippen LogP contribution in [0.3, 0.4) is 0 Å². The molecule has 0 spiro atoms. The van der Waals surface area contributed by atoms with Crippen molar-refractivity contribution in [3.05, 3.63) is 72.1 Å². The van der Waals surface area contributed by atoms with Gasteiger partial charge in [-0.25, -0.2) is 14.8 Å². The molecule has 0 saturated heterocycles. The van der Waals surface area contributed by atoms with Crippen LogP contribution in [0, 0.1) is 0 Å². The highest BCUT2D eigenvalue weighted by Gasteiger charge is 2.12. The van der Waals surface area contributed by atoms with Crippen molar-refractivity contribution in [2.24, 2.45) is 0 Å². The molecule has 1 heterocycles. The summed E-state index contributed by atoms with van der Waals surface area (Å²) in [6.45, 7) is 2.81. The second kappa shape index (κ2) is 10.1. The Labute approximate surface area is 170 Å². The largest absolute Gasteiger partial charge is 0.497 e. The maximum absolute atomic E-state index is 12.1. The lowest BCUT2D eigenvalue weighted by molar-refractivity contribution is 0.0527. The van der Waals surface area contributed by atoms with E-state index >= 15 is 0 Å². The fourth-order valence-corrected chi connectivity index (χ4v) is 2.80. The SMILES string of the molecule is CCOC(=O)c1ccccc1Nc1cc(NCCc2cccc(OC)c2)ncn1. The third kappa shape index (κ3) is 5.68. The quantitative estimate of drug-likeness (QED) is 0.531. The molecule has 3 rings (SSSR count). The Bertz CT molecular complexity index is 962. The lowest BCUT2D eigenvalue weighted by Gasteiger charge is -2.12. The van der Waals surface area contributed by atoms with Gasteiger partial charge in [0.05, 0.1) is 25.0 Å². The molecule has 0 bridgehead atoms. The zero-order valence-electron chi connectivity index (χ0n) is 16.5. The zero-order valence-corrected chi connectivity index (χ0v) is 16.5. The third-order valence-corrected chi connectivity index (χ3v) is 4.21. The van der Waals surface area contributed by atoms with Gasteiger partial charge < -0.3 is 20.1 Å². The number of benzene rings is 2. The highest BCUT2D eigenvalue weighted by Crippen LogP contribution is 2.21. The van der Waals surface area contributed by atoms with E-state index in [9.17, 15) is 4.79 Å². The summed E-state index contributed by atoms with van der Waals surface area (Å²) in [5.74, 6) is 1.75. The first-order valence-electron chi connectivity index (χ1n) is 9.41. The van der Waals surface area contributed by atoms with Gasteiger partial charge in [0.2, 0.25) is 0 Å². The van der Waals surface area contributed by atoms with Gasteiger partial charge in [-0.15, -0.1) is 0 Å². The van der Waals surface area contributed by atoms with Crippen LogP contribution >= 0.6 is 0 Å². The predicted molar refractivity (Wildman–Crippen MR) is 113 cm³/mol. The number of rotatable bonds is 9. The standard InChI is InChI=1S/C22H24N4O3/c1-3-29-22(27)18-9-4-5-10-19(18)26-21-14-20(24-15-25-21)23-12-11-16-7-6-8-17(13-16)28-2/h4-10,13-15H,3,11-12H2,1-2H3,(H2,23,24,25,26). The van der Waals surface area contributed by atoms with Crippen LogP contribution in [0.2, 0.25) is 0 Å². The van der Waals surface area contributed by atoms with Gasteiger partial charge in [-0.05, 0) is 43.2 Å². The molecule has 0 fully saturated rings. The number of hydrogen-bond acceptors (Lipinski definition) is 7. The number of anilines is 3. The smallest absolute Gasteiger partial charge is 0.340 e. The van der Waals surface area contributed by atoms with E-state index in [0.29, 0.717) is 36.0 Å². The number of ether oxygens (including phenoxy) is 2. The van der Waals surface area contributed by atoms with Crippen LogP contribution in [-0.4, -0.2) is 36.2 Å². The van der Waals surface area contributed by atoms with E-state index in [1.165, 1.54) is 11.9 Å². The van der Waals surface area contributed by atoms with Gasteiger partial charge in [0, 0.05) is 12.6 Å². The van der Waals surface area contributed by atoms with E-state index in [1.54, 1.807) is 32.2 Å². The number of esters is 1. The summed E-state index contributed by atoms with van der Waals surface area (Å²) in [5, 5.41) is 6.46. The van der Waals surface area contributed by atoms with Crippen LogP contribution < -0.4 is 15.4 Å². The molecule has 0 saturated carbocycles. The minimum absolute atomic E-state index is 0.321. The van der Waals surface area contributed by atoms with E-state index in [4.69, 9.17) is 9.47 Å². The Balaban J connectivity index is 1.63. The molecule has 2 N–H and O–H groups in total. The second-order valence-electron chi connectivity index (χ2n) is 6.21. The number of carbonyl (C=O) groups excluding carboxylic acids is 1. The fourth-order valence-electron chi connectivity index (χ4n) is 2.80. The van der Waals surface area contributed by atoms with Gasteiger partial charge in [0.15, 0.2) is 0 Å². The van der Waals surface area contributed by atoms with Crippen molar-refractivity contribution in [1.29, 1.82) is 0 Å². The first-order chi connectivity index (χ1) is 14.2. The summed E-state index contributed by atoms with van der Waals surface area (Å²) in [7, 11) is 1.66. The van der Waals surface area contributed by atoms with Crippen LogP contribution in [0.5, 0.6) is 5.75 Å². The molecule has 2 aromatic carbocycles. The molecular formula is C22H24N4O3. The van der Waals surface area contributed by atoms with Crippen LogP contribution in [-0.2, 0) is 11.2 Å². The minimum atomic E-state index is -0.374. The lowest BCUT2D eigenvalue weighted by Crippen LogP contribution is -2.09. The molecule has 3 aromatic rings. The molecule has 7 nitrogen and oxygen atoms in total. The summed E-state index contributed by atoms with van der Waals surface area (Å²) >= 11 is 0. The third-order valence-electron chi connectivity index (χ3n) is 4.21. The van der Waals surface area contributed by atoms with Crippen LogP contribution in [0.1, 0.15) is 22.8 Å². The monoisotopic (exact) mass is 392 g/mol. The molecule has 0 unspecified atom stereocenters. The van der Waals surface area contributed by atoms with Crippen LogP contribution in [0.25, 0.3) is 0 Å². The normalized spacial score (nSPS) is 10.3. The van der Waals surface area contributed by atoms with Gasteiger partial charge in [-0.3, -0.25) is 0 Å². The topological polar surface area (TPSA) is 85.4 Å². The van der Waals surface area contributed by atoms with E-state index in [0.717, 1.165) is 12.2 Å². The first-order valence-corrected chi connectivity index (χ1v) is 9.41. The number of methoxy groups -OCH3 is 1. The van der Waals surface area contributed by atoms with Crippen molar-refractivity contribution >= 4 is 23.3 Å². The molecule has 0 aliphatic carbocycles. The summed E-state index contributed by atoms with van der Waals surface area (Å²) in [6, 6.07) is 16.9. The van der Waals surface area contributed by atoms with E-state index in [2.05, 4.69) is 26.7 Å². The molecule has 0 atom stereocenters. The van der Waals surface area contributed by atoms with Gasteiger partial charge in [0.25, 0.3) is 0 Å². The average molecular weight is 392 g/mol. The molecular weight excluding hydrogens is 368 g/mol. The predicted octanol–water partition coefficient (Wildman–Crippen LogP) is 4.06. The Morgan fingerprint density at radius 2 is 1.86 bits per heavy atom. The Morgan fingerprint density at radius 1 is 1.03 bits per heavy atom. The van der Waals surface area contributed by atoms with Crippen molar-refractivity contribution in [3.63, 3.8) is 0 Å². The zero-order chi connectivity index (χ0) is 20.5. The first kappa shape index (κ1) is 20.1. The van der Waals surface area contributed by atoms with Crippen molar-refractivity contribution in [3.8, 4) is 5.75 Å². The number of nitrogens with one attached hydrogen (secondary N) is 2. The summed E-state index contributed by atoms with van der Waals surface area (Å²) in [4.78, 5) is 20.6. The van der Waals surface area contributed by atoms with Crippen LogP contribution in [0.4, 0.5) is 17.3 Å². The van der Waals surface area contributed by atoms with E-state index in [1.807, 2.05) is 30.3 Å². The fraction of sp³-hybridized carbons (Fsp3) is 0.227. The van der Waals surface area contributed by atoms with Gasteiger partial charge >= 0.3 is 5.97 Å². The molecule has 0 aliphatic heterocycles. The highest BCUT2D eigenvalue weighted by atomic mass is 16.5. The number of hydrogen-bond donors (Lipinski definition) is 2. The molecule has 29 heavy (non-hydrogen) atoms. The van der Waals surface area contributed by atoms with Crippen molar-refractivity contribution in [1.82, 2.24) is 9.97 Å². The van der Waals surface area contributed by atoms with Crippen molar-refractivity contribution in [2.45, 2.75) is 13.3 Å². The summed E-state index contributed by atoms with van der Waals surface area (Å²) in [6.07, 6.45) is 2.30. The Kier molecular flexibility index (Phi) is 7.00. The number of para-hydroxylation sites is 1. The Morgan fingerprint density at radius 3 is 2.69 bits per heavy atom. The lowest BCUT2D eigenvalue weighted by atomic mass is 10.1. The number of nitrogens with zero attached hydrogens (tertiary/aromatic N) is 2. The van der Waals surface area contributed by atoms with E-state index in [-0.39, 0.29) is 5.97 Å². The second-order valence-corrected chi connectivity index (χ2v) is 6.21. The molecule has 150 valence electrons. The Hall–Kier alpha value is -3.61. The van der Waals surface area contributed by atoms with Crippen molar-refractivity contribution < 1.29 is 14.3 Å². The van der Waals surface area contributed by atoms with E-state index < -0.39 is 0 Å². The summed E-state index contributed by atoms with van der Waals surface area (Å²) in [5.41, 5.74) is 2.26.